The van der Waals surface area contributed by atoms with Crippen LogP contribution in [0.5, 0.6) is 0 Å². The number of hydrogen-bond acceptors (Lipinski definition) is 3. The summed E-state index contributed by atoms with van der Waals surface area (Å²) >= 11 is 0. The first kappa shape index (κ1) is 19.5. The van der Waals surface area contributed by atoms with Crippen LogP contribution in [0.25, 0.3) is 11.1 Å². The summed E-state index contributed by atoms with van der Waals surface area (Å²) in [6.45, 7) is 0.112. The standard InChI is InChI=1S/C20H17F3N2O3/c1-25-11-16(17(26)19(25)28)18(27)24-10-12-4-2-5-13(8-12)14-6-3-7-15(9-14)20(21,22)23/h2-9,26H,10-11H2,1H3,(H,24,27). The molecule has 0 bridgehead atoms. The predicted octanol–water partition coefficient (Wildman–Crippen LogP) is 3.27. The van der Waals surface area contributed by atoms with Gasteiger partial charge in [0.2, 0.25) is 0 Å². The maximum atomic E-state index is 12.9. The molecule has 2 N–H and O–H groups in total. The number of carbonyl (C=O) groups excluding carboxylic acids is 2. The molecule has 146 valence electrons. The van der Waals surface area contributed by atoms with E-state index in [0.717, 1.165) is 12.1 Å². The van der Waals surface area contributed by atoms with Gasteiger partial charge in [-0.05, 0) is 34.9 Å². The van der Waals surface area contributed by atoms with Gasteiger partial charge in [0.05, 0.1) is 17.7 Å². The molecule has 0 saturated heterocycles. The van der Waals surface area contributed by atoms with E-state index in [2.05, 4.69) is 5.32 Å². The van der Waals surface area contributed by atoms with Gasteiger partial charge < -0.3 is 15.3 Å². The number of carbonyl (C=O) groups is 2. The van der Waals surface area contributed by atoms with Gasteiger partial charge in [-0.3, -0.25) is 9.59 Å². The van der Waals surface area contributed by atoms with Crippen molar-refractivity contribution >= 4 is 11.8 Å². The van der Waals surface area contributed by atoms with E-state index in [1.165, 1.54) is 18.0 Å². The molecular formula is C20H17F3N2O3. The first-order valence-electron chi connectivity index (χ1n) is 8.39. The summed E-state index contributed by atoms with van der Waals surface area (Å²) < 4.78 is 38.7. The van der Waals surface area contributed by atoms with Gasteiger partial charge in [0.15, 0.2) is 5.76 Å². The Morgan fingerprint density at radius 2 is 1.79 bits per heavy atom. The Kier molecular flexibility index (Phi) is 5.13. The topological polar surface area (TPSA) is 69.6 Å². The van der Waals surface area contributed by atoms with Crippen molar-refractivity contribution in [3.8, 4) is 11.1 Å². The zero-order valence-electron chi connectivity index (χ0n) is 14.9. The van der Waals surface area contributed by atoms with Gasteiger partial charge in [0, 0.05) is 13.6 Å². The monoisotopic (exact) mass is 390 g/mol. The number of benzene rings is 2. The summed E-state index contributed by atoms with van der Waals surface area (Å²) in [6, 6.07) is 11.8. The van der Waals surface area contributed by atoms with Crippen LogP contribution in [0, 0.1) is 0 Å². The molecule has 2 aromatic carbocycles. The number of nitrogens with zero attached hydrogens (tertiary/aromatic N) is 1. The van der Waals surface area contributed by atoms with Crippen LogP contribution in [0.4, 0.5) is 13.2 Å². The Morgan fingerprint density at radius 3 is 2.39 bits per heavy atom. The molecule has 2 amide bonds. The molecule has 1 aliphatic heterocycles. The van der Waals surface area contributed by atoms with E-state index in [9.17, 15) is 27.9 Å². The van der Waals surface area contributed by atoms with Crippen LogP contribution >= 0.6 is 0 Å². The van der Waals surface area contributed by atoms with Crippen LogP contribution in [0.1, 0.15) is 11.1 Å². The number of halogens is 3. The molecule has 0 radical (unpaired) electrons. The SMILES string of the molecule is CN1CC(C(=O)NCc2cccc(-c3cccc(C(F)(F)F)c3)c2)=C(O)C1=O. The molecular weight excluding hydrogens is 373 g/mol. The Labute approximate surface area is 159 Å². The minimum atomic E-state index is -4.43. The van der Waals surface area contributed by atoms with Crippen molar-refractivity contribution in [2.75, 3.05) is 13.6 Å². The van der Waals surface area contributed by atoms with Crippen molar-refractivity contribution in [2.24, 2.45) is 0 Å². The third-order valence-corrected chi connectivity index (χ3v) is 4.41. The number of hydrogen-bond donors (Lipinski definition) is 2. The van der Waals surface area contributed by atoms with Crippen LogP contribution in [0.3, 0.4) is 0 Å². The van der Waals surface area contributed by atoms with Gasteiger partial charge in [0.1, 0.15) is 0 Å². The summed E-state index contributed by atoms with van der Waals surface area (Å²) in [5, 5.41) is 12.3. The molecule has 0 unspecified atom stereocenters. The van der Waals surface area contributed by atoms with Crippen LogP contribution < -0.4 is 5.32 Å². The number of aliphatic hydroxyl groups is 1. The average Bonchev–Trinajstić information content (AvgIpc) is 2.93. The fourth-order valence-corrected chi connectivity index (χ4v) is 2.90. The zero-order chi connectivity index (χ0) is 20.5. The van der Waals surface area contributed by atoms with Gasteiger partial charge in [-0.1, -0.05) is 30.3 Å². The fraction of sp³-hybridized carbons (Fsp3) is 0.200. The molecule has 1 aliphatic rings. The first-order valence-corrected chi connectivity index (χ1v) is 8.39. The Hall–Kier alpha value is -3.29. The molecule has 0 aliphatic carbocycles. The van der Waals surface area contributed by atoms with Gasteiger partial charge in [0.25, 0.3) is 11.8 Å². The van der Waals surface area contributed by atoms with E-state index >= 15 is 0 Å². The lowest BCUT2D eigenvalue weighted by atomic mass is 10.0. The lowest BCUT2D eigenvalue weighted by Crippen LogP contribution is -2.27. The molecule has 0 spiro atoms. The van der Waals surface area contributed by atoms with Crippen LogP contribution in [-0.2, 0) is 22.3 Å². The van der Waals surface area contributed by atoms with Crippen LogP contribution in [0.2, 0.25) is 0 Å². The van der Waals surface area contributed by atoms with Crippen molar-refractivity contribution in [2.45, 2.75) is 12.7 Å². The van der Waals surface area contributed by atoms with E-state index in [4.69, 9.17) is 0 Å². The van der Waals surface area contributed by atoms with Crippen molar-refractivity contribution in [1.29, 1.82) is 0 Å². The van der Waals surface area contributed by atoms with Gasteiger partial charge in [-0.25, -0.2) is 0 Å². The largest absolute Gasteiger partial charge is 0.503 e. The molecule has 3 rings (SSSR count). The van der Waals surface area contributed by atoms with E-state index < -0.39 is 29.3 Å². The van der Waals surface area contributed by atoms with Crippen LogP contribution in [-0.4, -0.2) is 35.4 Å². The lowest BCUT2D eigenvalue weighted by molar-refractivity contribution is -0.137. The molecule has 8 heteroatoms. The molecule has 0 fully saturated rings. The Bertz CT molecular complexity index is 967. The average molecular weight is 390 g/mol. The number of nitrogens with one attached hydrogen (secondary N) is 1. The second kappa shape index (κ2) is 7.38. The number of aliphatic hydroxyl groups excluding tert-OH is 1. The van der Waals surface area contributed by atoms with Crippen molar-refractivity contribution in [1.82, 2.24) is 10.2 Å². The molecule has 2 aromatic rings. The smallest absolute Gasteiger partial charge is 0.416 e. The van der Waals surface area contributed by atoms with Crippen LogP contribution in [0.15, 0.2) is 59.9 Å². The minimum absolute atomic E-state index is 0.0125. The summed E-state index contributed by atoms with van der Waals surface area (Å²) in [6.07, 6.45) is -4.43. The minimum Gasteiger partial charge on any atom is -0.503 e. The molecule has 0 aromatic heterocycles. The second-order valence-corrected chi connectivity index (χ2v) is 6.45. The molecule has 5 nitrogen and oxygen atoms in total. The quantitative estimate of drug-likeness (QED) is 0.842. The molecule has 0 saturated carbocycles. The third-order valence-electron chi connectivity index (χ3n) is 4.41. The van der Waals surface area contributed by atoms with Crippen molar-refractivity contribution < 1.29 is 27.9 Å². The molecule has 0 atom stereocenters. The summed E-state index contributed by atoms with van der Waals surface area (Å²) in [5.74, 6) is -1.76. The van der Waals surface area contributed by atoms with Gasteiger partial charge in [-0.2, -0.15) is 13.2 Å². The normalized spacial score (nSPS) is 14.6. The maximum Gasteiger partial charge on any atom is 0.416 e. The number of amides is 2. The molecule has 28 heavy (non-hydrogen) atoms. The highest BCUT2D eigenvalue weighted by Gasteiger charge is 2.31. The maximum absolute atomic E-state index is 12.9. The van der Waals surface area contributed by atoms with Crippen molar-refractivity contribution in [3.05, 3.63) is 71.0 Å². The number of rotatable bonds is 4. The highest BCUT2D eigenvalue weighted by Crippen LogP contribution is 2.32. The Morgan fingerprint density at radius 1 is 1.14 bits per heavy atom. The fourth-order valence-electron chi connectivity index (χ4n) is 2.90. The summed E-state index contributed by atoms with van der Waals surface area (Å²) in [7, 11) is 1.47. The lowest BCUT2D eigenvalue weighted by Gasteiger charge is -2.11. The first-order chi connectivity index (χ1) is 13.2. The highest BCUT2D eigenvalue weighted by atomic mass is 19.4. The second-order valence-electron chi connectivity index (χ2n) is 6.45. The number of likely N-dealkylation sites (N-methyl/N-ethyl adjacent to an activating group) is 1. The highest BCUT2D eigenvalue weighted by molar-refractivity contribution is 6.06. The number of alkyl halides is 3. The molecule has 1 heterocycles. The van der Waals surface area contributed by atoms with E-state index in [1.54, 1.807) is 30.3 Å². The summed E-state index contributed by atoms with van der Waals surface area (Å²) in [5.41, 5.74) is 0.908. The third kappa shape index (κ3) is 4.00. The predicted molar refractivity (Wildman–Crippen MR) is 96.0 cm³/mol. The summed E-state index contributed by atoms with van der Waals surface area (Å²) in [4.78, 5) is 25.0. The van der Waals surface area contributed by atoms with Crippen molar-refractivity contribution in [3.63, 3.8) is 0 Å². The van der Waals surface area contributed by atoms with E-state index in [-0.39, 0.29) is 18.7 Å². The van der Waals surface area contributed by atoms with Gasteiger partial charge >= 0.3 is 6.18 Å². The Balaban J connectivity index is 1.74. The van der Waals surface area contributed by atoms with Gasteiger partial charge in [-0.15, -0.1) is 0 Å². The van der Waals surface area contributed by atoms with E-state index in [0.29, 0.717) is 16.7 Å². The van der Waals surface area contributed by atoms with E-state index in [1.807, 2.05) is 0 Å². The zero-order valence-corrected chi connectivity index (χ0v) is 14.9.